The van der Waals surface area contributed by atoms with Gasteiger partial charge in [-0.15, -0.1) is 11.3 Å². The van der Waals surface area contributed by atoms with Crippen molar-refractivity contribution in [1.82, 2.24) is 9.80 Å². The quantitative estimate of drug-likeness (QED) is 0.819. The minimum atomic E-state index is 0.282. The Morgan fingerprint density at radius 1 is 1.47 bits per heavy atom. The topological polar surface area (TPSA) is 23.6 Å². The lowest BCUT2D eigenvalue weighted by atomic mass is 10.0. The molecule has 1 fully saturated rings. The minimum Gasteiger partial charge on any atom is -0.342 e. The van der Waals surface area contributed by atoms with Crippen molar-refractivity contribution in [2.75, 3.05) is 27.2 Å². The molecule has 1 saturated heterocycles. The first-order valence-electron chi connectivity index (χ1n) is 6.13. The van der Waals surface area contributed by atoms with Crippen LogP contribution >= 0.6 is 11.3 Å². The Kier molecular flexibility index (Phi) is 4.18. The Morgan fingerprint density at radius 2 is 2.18 bits per heavy atom. The van der Waals surface area contributed by atoms with E-state index in [1.54, 1.807) is 11.3 Å². The van der Waals surface area contributed by atoms with Crippen LogP contribution in [0, 0.1) is 0 Å². The third-order valence-electron chi connectivity index (χ3n) is 3.45. The second-order valence-electron chi connectivity index (χ2n) is 4.83. The van der Waals surface area contributed by atoms with Gasteiger partial charge in [0.1, 0.15) is 0 Å². The molecular weight excluding hydrogens is 232 g/mol. The maximum atomic E-state index is 12.1. The van der Waals surface area contributed by atoms with Crippen molar-refractivity contribution in [1.29, 1.82) is 0 Å². The second kappa shape index (κ2) is 5.65. The number of amides is 1. The van der Waals surface area contributed by atoms with Gasteiger partial charge in [0.15, 0.2) is 0 Å². The maximum Gasteiger partial charge on any atom is 0.227 e. The molecule has 1 amide bonds. The molecule has 94 valence electrons. The van der Waals surface area contributed by atoms with E-state index >= 15 is 0 Å². The lowest BCUT2D eigenvalue weighted by Crippen LogP contribution is -2.44. The average Bonchev–Trinajstić information content (AvgIpc) is 2.82. The van der Waals surface area contributed by atoms with E-state index in [1.165, 1.54) is 4.88 Å². The molecule has 1 aliphatic heterocycles. The summed E-state index contributed by atoms with van der Waals surface area (Å²) in [6.07, 6.45) is 2.77. The molecule has 0 radical (unpaired) electrons. The van der Waals surface area contributed by atoms with E-state index in [1.807, 2.05) is 22.4 Å². The molecule has 1 aliphatic rings. The molecule has 17 heavy (non-hydrogen) atoms. The first kappa shape index (κ1) is 12.6. The highest BCUT2D eigenvalue weighted by Crippen LogP contribution is 2.16. The Hall–Kier alpha value is -0.870. The summed E-state index contributed by atoms with van der Waals surface area (Å²) in [6.45, 7) is 1.82. The minimum absolute atomic E-state index is 0.282. The molecule has 0 spiro atoms. The van der Waals surface area contributed by atoms with Crippen LogP contribution < -0.4 is 0 Å². The molecule has 2 heterocycles. The summed E-state index contributed by atoms with van der Waals surface area (Å²) in [5, 5.41) is 2.03. The Labute approximate surface area is 107 Å². The molecule has 1 aromatic heterocycles. The van der Waals surface area contributed by atoms with Crippen molar-refractivity contribution >= 4 is 17.2 Å². The van der Waals surface area contributed by atoms with Crippen molar-refractivity contribution in [2.24, 2.45) is 0 Å². The highest BCUT2D eigenvalue weighted by molar-refractivity contribution is 7.10. The van der Waals surface area contributed by atoms with Gasteiger partial charge in [-0.2, -0.15) is 0 Å². The largest absolute Gasteiger partial charge is 0.342 e. The summed E-state index contributed by atoms with van der Waals surface area (Å²) in [6, 6.07) is 4.68. The number of rotatable bonds is 3. The van der Waals surface area contributed by atoms with E-state index in [4.69, 9.17) is 0 Å². The Balaban J connectivity index is 1.82. The molecule has 1 aromatic rings. The molecule has 3 nitrogen and oxygen atoms in total. The van der Waals surface area contributed by atoms with Crippen molar-refractivity contribution in [2.45, 2.75) is 25.3 Å². The zero-order valence-corrected chi connectivity index (χ0v) is 11.4. The Bertz CT molecular complexity index is 354. The molecule has 2 rings (SSSR count). The third-order valence-corrected chi connectivity index (χ3v) is 4.33. The SMILES string of the molecule is CN(C)C1CCN(C(=O)Cc2cccs2)CC1. The van der Waals surface area contributed by atoms with Crippen molar-refractivity contribution in [3.8, 4) is 0 Å². The number of thiophene rings is 1. The highest BCUT2D eigenvalue weighted by Gasteiger charge is 2.23. The van der Waals surface area contributed by atoms with Gasteiger partial charge in [0.2, 0.25) is 5.91 Å². The molecule has 0 saturated carbocycles. The van der Waals surface area contributed by atoms with Crippen molar-refractivity contribution in [3.63, 3.8) is 0 Å². The summed E-state index contributed by atoms with van der Waals surface area (Å²) in [5.74, 6) is 0.282. The first-order valence-corrected chi connectivity index (χ1v) is 7.01. The van der Waals surface area contributed by atoms with Crippen molar-refractivity contribution < 1.29 is 4.79 Å². The molecule has 4 heteroatoms. The van der Waals surface area contributed by atoms with Gasteiger partial charge in [0.05, 0.1) is 6.42 Å². The van der Waals surface area contributed by atoms with Crippen LogP contribution in [0.4, 0.5) is 0 Å². The van der Waals surface area contributed by atoms with Crippen molar-refractivity contribution in [3.05, 3.63) is 22.4 Å². The number of likely N-dealkylation sites (tertiary alicyclic amines) is 1. The lowest BCUT2D eigenvalue weighted by Gasteiger charge is -2.35. The van der Waals surface area contributed by atoms with Crippen LogP contribution in [0.3, 0.4) is 0 Å². The van der Waals surface area contributed by atoms with E-state index in [2.05, 4.69) is 19.0 Å². The fraction of sp³-hybridized carbons (Fsp3) is 0.615. The molecule has 0 N–H and O–H groups in total. The number of piperidine rings is 1. The van der Waals surface area contributed by atoms with Gasteiger partial charge in [-0.1, -0.05) is 6.07 Å². The normalized spacial score (nSPS) is 17.7. The van der Waals surface area contributed by atoms with E-state index < -0.39 is 0 Å². The van der Waals surface area contributed by atoms with Gasteiger partial charge in [-0.05, 0) is 38.4 Å². The number of nitrogens with zero attached hydrogens (tertiary/aromatic N) is 2. The van der Waals surface area contributed by atoms with Crippen LogP contribution in [0.15, 0.2) is 17.5 Å². The van der Waals surface area contributed by atoms with Crippen LogP contribution in [0.25, 0.3) is 0 Å². The molecule has 0 unspecified atom stereocenters. The number of carbonyl (C=O) groups is 1. The van der Waals surface area contributed by atoms with Gasteiger partial charge >= 0.3 is 0 Å². The van der Waals surface area contributed by atoms with Crippen LogP contribution in [-0.4, -0.2) is 48.9 Å². The predicted octanol–water partition coefficient (Wildman–Crippen LogP) is 1.84. The molecule has 0 aromatic carbocycles. The van der Waals surface area contributed by atoms with E-state index in [0.29, 0.717) is 12.5 Å². The van der Waals surface area contributed by atoms with Gasteiger partial charge in [0, 0.05) is 24.0 Å². The summed E-state index contributed by atoms with van der Waals surface area (Å²) < 4.78 is 0. The average molecular weight is 252 g/mol. The Morgan fingerprint density at radius 3 is 2.71 bits per heavy atom. The van der Waals surface area contributed by atoms with Crippen LogP contribution in [0.2, 0.25) is 0 Å². The summed E-state index contributed by atoms with van der Waals surface area (Å²) in [7, 11) is 4.24. The summed E-state index contributed by atoms with van der Waals surface area (Å²) in [5.41, 5.74) is 0. The zero-order valence-electron chi connectivity index (χ0n) is 10.6. The standard InChI is InChI=1S/C13H20N2OS/c1-14(2)11-5-7-15(8-6-11)13(16)10-12-4-3-9-17-12/h3-4,9,11H,5-8,10H2,1-2H3. The molecule has 0 aliphatic carbocycles. The summed E-state index contributed by atoms with van der Waals surface area (Å²) in [4.78, 5) is 17.5. The van der Waals surface area contributed by atoms with Crippen LogP contribution in [0.1, 0.15) is 17.7 Å². The molecule has 0 atom stereocenters. The fourth-order valence-electron chi connectivity index (χ4n) is 2.31. The monoisotopic (exact) mass is 252 g/mol. The van der Waals surface area contributed by atoms with Gasteiger partial charge in [-0.25, -0.2) is 0 Å². The first-order chi connectivity index (χ1) is 8.16. The van der Waals surface area contributed by atoms with Crippen LogP contribution in [0.5, 0.6) is 0 Å². The van der Waals surface area contributed by atoms with E-state index in [-0.39, 0.29) is 5.91 Å². The number of hydrogen-bond donors (Lipinski definition) is 0. The third kappa shape index (κ3) is 3.30. The fourth-order valence-corrected chi connectivity index (χ4v) is 3.00. The smallest absolute Gasteiger partial charge is 0.227 e. The second-order valence-corrected chi connectivity index (χ2v) is 5.86. The molecular formula is C13H20N2OS. The van der Waals surface area contributed by atoms with Gasteiger partial charge < -0.3 is 9.80 Å². The molecule has 0 bridgehead atoms. The highest BCUT2D eigenvalue weighted by atomic mass is 32.1. The maximum absolute atomic E-state index is 12.1. The van der Waals surface area contributed by atoms with E-state index in [9.17, 15) is 4.79 Å². The lowest BCUT2D eigenvalue weighted by molar-refractivity contribution is -0.131. The van der Waals surface area contributed by atoms with Crippen LogP contribution in [-0.2, 0) is 11.2 Å². The number of carbonyl (C=O) groups excluding carboxylic acids is 1. The van der Waals surface area contributed by atoms with Gasteiger partial charge in [-0.3, -0.25) is 4.79 Å². The van der Waals surface area contributed by atoms with E-state index in [0.717, 1.165) is 25.9 Å². The summed E-state index contributed by atoms with van der Waals surface area (Å²) >= 11 is 1.66. The number of hydrogen-bond acceptors (Lipinski definition) is 3. The zero-order chi connectivity index (χ0) is 12.3. The van der Waals surface area contributed by atoms with Gasteiger partial charge in [0.25, 0.3) is 0 Å². The predicted molar refractivity (Wildman–Crippen MR) is 71.3 cm³/mol.